The minimum atomic E-state index is -4.01. The van der Waals surface area contributed by atoms with Crippen molar-refractivity contribution in [1.29, 1.82) is 0 Å². The highest BCUT2D eigenvalue weighted by Gasteiger charge is 2.19. The van der Waals surface area contributed by atoms with Gasteiger partial charge in [0.25, 0.3) is 5.91 Å². The number of amides is 1. The van der Waals surface area contributed by atoms with Crippen LogP contribution in [0.1, 0.15) is 49.2 Å². The number of hydrogen-bond donors (Lipinski definition) is 1. The summed E-state index contributed by atoms with van der Waals surface area (Å²) in [6.45, 7) is 8.41. The summed E-state index contributed by atoms with van der Waals surface area (Å²) in [6.07, 6.45) is 1.44. The largest absolute Gasteiger partial charge is 0.490 e. The van der Waals surface area contributed by atoms with Crippen molar-refractivity contribution >= 4 is 22.2 Å². The molecule has 0 atom stereocenters. The molecule has 0 spiro atoms. The van der Waals surface area contributed by atoms with Crippen molar-refractivity contribution in [2.75, 3.05) is 6.61 Å². The van der Waals surface area contributed by atoms with Gasteiger partial charge in [-0.2, -0.15) is 13.5 Å². The molecule has 0 aromatic heterocycles. The molecule has 3 rings (SSSR count). The van der Waals surface area contributed by atoms with Gasteiger partial charge in [-0.05, 0) is 65.9 Å². The van der Waals surface area contributed by atoms with Gasteiger partial charge >= 0.3 is 10.1 Å². The first-order valence-corrected chi connectivity index (χ1v) is 12.2. The van der Waals surface area contributed by atoms with Gasteiger partial charge in [0.05, 0.1) is 12.8 Å². The summed E-state index contributed by atoms with van der Waals surface area (Å²) in [5.41, 5.74) is 4.72. The number of nitrogens with one attached hydrogen (secondary N) is 1. The fraction of sp³-hybridized carbons (Fsp3) is 0.231. The topological polar surface area (TPSA) is 94.1 Å². The van der Waals surface area contributed by atoms with Gasteiger partial charge in [-0.25, -0.2) is 5.43 Å². The molecule has 0 bridgehead atoms. The normalized spacial score (nSPS) is 11.9. The van der Waals surface area contributed by atoms with E-state index in [0.29, 0.717) is 17.7 Å². The van der Waals surface area contributed by atoms with E-state index in [1.807, 2.05) is 12.1 Å². The van der Waals surface area contributed by atoms with Crippen LogP contribution in [0.25, 0.3) is 0 Å². The van der Waals surface area contributed by atoms with Crippen molar-refractivity contribution in [3.63, 3.8) is 0 Å². The lowest BCUT2D eigenvalue weighted by atomic mass is 9.87. The summed E-state index contributed by atoms with van der Waals surface area (Å²) in [5.74, 6) is -0.0310. The van der Waals surface area contributed by atoms with E-state index in [-0.39, 0.29) is 27.7 Å². The molecule has 0 aliphatic rings. The summed E-state index contributed by atoms with van der Waals surface area (Å²) >= 11 is 0. The number of carbonyl (C=O) groups is 1. The van der Waals surface area contributed by atoms with Crippen LogP contribution in [0, 0.1) is 0 Å². The van der Waals surface area contributed by atoms with Gasteiger partial charge in [0.15, 0.2) is 11.5 Å². The Kier molecular flexibility index (Phi) is 7.73. The maximum atomic E-state index is 12.5. The SMILES string of the molecule is CCOc1cc(/C=N\NC(=O)c2ccc(C(C)(C)C)cc2)ccc1OS(=O)(=O)c1ccccc1. The van der Waals surface area contributed by atoms with Gasteiger partial charge in [0.1, 0.15) is 4.90 Å². The molecule has 1 N–H and O–H groups in total. The third kappa shape index (κ3) is 6.45. The number of rotatable bonds is 8. The molecule has 0 aliphatic heterocycles. The molecule has 0 unspecified atom stereocenters. The van der Waals surface area contributed by atoms with Crippen LogP contribution in [0.3, 0.4) is 0 Å². The first-order valence-electron chi connectivity index (χ1n) is 10.8. The van der Waals surface area contributed by atoms with Crippen LogP contribution in [-0.2, 0) is 15.5 Å². The van der Waals surface area contributed by atoms with Crippen molar-refractivity contribution in [3.05, 3.63) is 89.5 Å². The van der Waals surface area contributed by atoms with Crippen LogP contribution in [0.5, 0.6) is 11.5 Å². The summed E-state index contributed by atoms with van der Waals surface area (Å²) < 4.78 is 35.9. The van der Waals surface area contributed by atoms with Gasteiger partial charge in [-0.15, -0.1) is 0 Å². The second-order valence-corrected chi connectivity index (χ2v) is 10.1. The van der Waals surface area contributed by atoms with E-state index in [4.69, 9.17) is 8.92 Å². The van der Waals surface area contributed by atoms with Gasteiger partial charge < -0.3 is 8.92 Å². The molecule has 0 aliphatic carbocycles. The standard InChI is InChI=1S/C26H28N2O5S/c1-5-32-24-17-19(11-16-23(24)33-34(30,31)22-9-7-6-8-10-22)18-27-28-25(29)20-12-14-21(15-13-20)26(2,3)4/h6-18H,5H2,1-4H3,(H,28,29)/b27-18-. The minimum Gasteiger partial charge on any atom is -0.490 e. The predicted molar refractivity (Wildman–Crippen MR) is 132 cm³/mol. The van der Waals surface area contributed by atoms with Crippen molar-refractivity contribution in [2.24, 2.45) is 5.10 Å². The first kappa shape index (κ1) is 25.0. The molecule has 0 heterocycles. The Labute approximate surface area is 200 Å². The van der Waals surface area contributed by atoms with Gasteiger partial charge in [0, 0.05) is 5.56 Å². The second kappa shape index (κ2) is 10.5. The molecule has 34 heavy (non-hydrogen) atoms. The predicted octanol–water partition coefficient (Wildman–Crippen LogP) is 4.91. The zero-order valence-corrected chi connectivity index (χ0v) is 20.4. The van der Waals surface area contributed by atoms with E-state index in [2.05, 4.69) is 31.3 Å². The number of hydrazone groups is 1. The second-order valence-electron chi connectivity index (χ2n) is 8.52. The molecule has 7 nitrogen and oxygen atoms in total. The van der Waals surface area contributed by atoms with Crippen LogP contribution < -0.4 is 14.3 Å². The average molecular weight is 481 g/mol. The number of benzene rings is 3. The smallest absolute Gasteiger partial charge is 0.339 e. The zero-order chi connectivity index (χ0) is 24.8. The highest BCUT2D eigenvalue weighted by atomic mass is 32.2. The van der Waals surface area contributed by atoms with Crippen LogP contribution in [0.15, 0.2) is 82.8 Å². The Hall–Kier alpha value is -3.65. The third-order valence-corrected chi connectivity index (χ3v) is 6.14. The number of nitrogens with zero attached hydrogens (tertiary/aromatic N) is 1. The molecule has 1 amide bonds. The van der Waals surface area contributed by atoms with Crippen molar-refractivity contribution in [2.45, 2.75) is 38.0 Å². The maximum Gasteiger partial charge on any atom is 0.339 e. The van der Waals surface area contributed by atoms with Crippen LogP contribution in [-0.4, -0.2) is 27.1 Å². The lowest BCUT2D eigenvalue weighted by Crippen LogP contribution is -2.18. The van der Waals surface area contributed by atoms with Crippen LogP contribution in [0.2, 0.25) is 0 Å². The molecule has 3 aromatic carbocycles. The third-order valence-electron chi connectivity index (χ3n) is 4.89. The highest BCUT2D eigenvalue weighted by Crippen LogP contribution is 2.31. The molecule has 0 fully saturated rings. The fourth-order valence-electron chi connectivity index (χ4n) is 3.05. The van der Waals surface area contributed by atoms with Crippen molar-refractivity contribution < 1.29 is 22.1 Å². The van der Waals surface area contributed by atoms with E-state index in [1.165, 1.54) is 24.4 Å². The number of carbonyl (C=O) groups excluding carboxylic acids is 1. The Balaban J connectivity index is 1.71. The Morgan fingerprint density at radius 2 is 1.65 bits per heavy atom. The number of ether oxygens (including phenoxy) is 1. The van der Waals surface area contributed by atoms with Crippen molar-refractivity contribution in [3.8, 4) is 11.5 Å². The van der Waals surface area contributed by atoms with E-state index in [0.717, 1.165) is 5.56 Å². The molecular weight excluding hydrogens is 452 g/mol. The van der Waals surface area contributed by atoms with E-state index >= 15 is 0 Å². The maximum absolute atomic E-state index is 12.5. The quantitative estimate of drug-likeness (QED) is 0.281. The Morgan fingerprint density at radius 3 is 2.26 bits per heavy atom. The zero-order valence-electron chi connectivity index (χ0n) is 19.6. The van der Waals surface area contributed by atoms with Gasteiger partial charge in [-0.1, -0.05) is 51.1 Å². The minimum absolute atomic E-state index is 0.00172. The van der Waals surface area contributed by atoms with E-state index in [9.17, 15) is 13.2 Å². The Morgan fingerprint density at radius 1 is 0.971 bits per heavy atom. The van der Waals surface area contributed by atoms with Crippen LogP contribution >= 0.6 is 0 Å². The van der Waals surface area contributed by atoms with E-state index in [1.54, 1.807) is 49.4 Å². The first-order chi connectivity index (χ1) is 16.1. The number of hydrogen-bond acceptors (Lipinski definition) is 6. The molecule has 0 saturated heterocycles. The molecule has 0 saturated carbocycles. The molecule has 178 valence electrons. The summed E-state index contributed by atoms with van der Waals surface area (Å²) in [5, 5.41) is 4.00. The fourth-order valence-corrected chi connectivity index (χ4v) is 4.01. The molecule has 0 radical (unpaired) electrons. The summed E-state index contributed by atoms with van der Waals surface area (Å²) in [7, 11) is -4.01. The van der Waals surface area contributed by atoms with Crippen LogP contribution in [0.4, 0.5) is 0 Å². The monoisotopic (exact) mass is 480 g/mol. The molecule has 3 aromatic rings. The molecule has 8 heteroatoms. The Bertz CT molecular complexity index is 1260. The molecular formula is C26H28N2O5S. The van der Waals surface area contributed by atoms with Gasteiger partial charge in [-0.3, -0.25) is 4.79 Å². The average Bonchev–Trinajstić information content (AvgIpc) is 2.81. The summed E-state index contributed by atoms with van der Waals surface area (Å²) in [6, 6.07) is 19.9. The summed E-state index contributed by atoms with van der Waals surface area (Å²) in [4.78, 5) is 12.4. The highest BCUT2D eigenvalue weighted by molar-refractivity contribution is 7.87. The van der Waals surface area contributed by atoms with Crippen molar-refractivity contribution in [1.82, 2.24) is 5.43 Å². The lowest BCUT2D eigenvalue weighted by molar-refractivity contribution is 0.0955. The van der Waals surface area contributed by atoms with E-state index < -0.39 is 10.1 Å². The van der Waals surface area contributed by atoms with Gasteiger partial charge in [0.2, 0.25) is 0 Å². The lowest BCUT2D eigenvalue weighted by Gasteiger charge is -2.18.